The van der Waals surface area contributed by atoms with Crippen molar-refractivity contribution in [2.75, 3.05) is 13.2 Å². The number of carbonyl (C=O) groups is 3. The minimum absolute atomic E-state index is 0.147. The van der Waals surface area contributed by atoms with Crippen LogP contribution in [0.4, 0.5) is 0 Å². The summed E-state index contributed by atoms with van der Waals surface area (Å²) in [7, 11) is 0. The van der Waals surface area contributed by atoms with Crippen molar-refractivity contribution in [1.29, 1.82) is 0 Å². The summed E-state index contributed by atoms with van der Waals surface area (Å²) < 4.78 is 9.42. The molecule has 0 aromatic rings. The zero-order valence-corrected chi connectivity index (χ0v) is 12.1. The quantitative estimate of drug-likeness (QED) is 0.448. The van der Waals surface area contributed by atoms with Crippen molar-refractivity contribution in [3.8, 4) is 0 Å². The Labute approximate surface area is 123 Å². The molecule has 0 aliphatic carbocycles. The van der Waals surface area contributed by atoms with Gasteiger partial charge < -0.3 is 19.7 Å². The van der Waals surface area contributed by atoms with E-state index in [2.05, 4.69) is 24.5 Å². The summed E-state index contributed by atoms with van der Waals surface area (Å²) in [6, 6.07) is 0. The van der Waals surface area contributed by atoms with Crippen LogP contribution in [0.2, 0.25) is 0 Å². The zero-order valence-electron chi connectivity index (χ0n) is 12.1. The first kappa shape index (κ1) is 20.9. The summed E-state index contributed by atoms with van der Waals surface area (Å²) in [6.07, 6.45) is 1.29. The smallest absolute Gasteiger partial charge is 0.330 e. The molecule has 0 aromatic carbocycles. The minimum Gasteiger partial charge on any atom is -0.478 e. The highest BCUT2D eigenvalue weighted by atomic mass is 16.6. The molecule has 1 heterocycles. The van der Waals surface area contributed by atoms with Crippen molar-refractivity contribution in [3.05, 3.63) is 37.0 Å². The van der Waals surface area contributed by atoms with Gasteiger partial charge in [0.25, 0.3) is 0 Å². The molecule has 0 spiro atoms. The van der Waals surface area contributed by atoms with Gasteiger partial charge in [0, 0.05) is 17.2 Å². The van der Waals surface area contributed by atoms with E-state index in [9.17, 15) is 14.4 Å². The Hall–Kier alpha value is -2.41. The van der Waals surface area contributed by atoms with E-state index in [4.69, 9.17) is 14.9 Å². The minimum atomic E-state index is -0.935. The number of epoxide rings is 1. The second-order valence-electron chi connectivity index (χ2n) is 3.96. The highest BCUT2D eigenvalue weighted by Gasteiger charge is 2.23. The highest BCUT2D eigenvalue weighted by Crippen LogP contribution is 2.08. The summed E-state index contributed by atoms with van der Waals surface area (Å²) in [5.41, 5.74) is 0.352. The monoisotopic (exact) mass is 300 g/mol. The molecule has 0 saturated carbocycles. The predicted octanol–water partition coefficient (Wildman–Crippen LogP) is 1.41. The lowest BCUT2D eigenvalue weighted by molar-refractivity contribution is -0.138. The first-order chi connectivity index (χ1) is 9.61. The highest BCUT2D eigenvalue weighted by molar-refractivity contribution is 5.85. The fourth-order valence-corrected chi connectivity index (χ4v) is 0.398. The first-order valence-electron chi connectivity index (χ1n) is 5.80. The SMILES string of the molecule is C=C(C)C(=O)O.C=C(C)C(=O)O.C=CC(=O)OCC1CO1. The van der Waals surface area contributed by atoms with Crippen molar-refractivity contribution in [3.63, 3.8) is 0 Å². The van der Waals surface area contributed by atoms with Crippen LogP contribution in [0, 0.1) is 0 Å². The molecule has 7 nitrogen and oxygen atoms in total. The molecule has 1 atom stereocenters. The van der Waals surface area contributed by atoms with Gasteiger partial charge in [0.1, 0.15) is 12.7 Å². The number of carbonyl (C=O) groups excluding carboxylic acids is 1. The summed E-state index contributed by atoms with van der Waals surface area (Å²) in [5.74, 6) is -2.25. The van der Waals surface area contributed by atoms with Crippen molar-refractivity contribution in [2.45, 2.75) is 20.0 Å². The number of carboxylic acids is 2. The van der Waals surface area contributed by atoms with Gasteiger partial charge in [-0.05, 0) is 13.8 Å². The second-order valence-corrected chi connectivity index (χ2v) is 3.96. The second kappa shape index (κ2) is 11.4. The number of ether oxygens (including phenoxy) is 2. The molecule has 1 rings (SSSR count). The Morgan fingerprint density at radius 3 is 1.71 bits per heavy atom. The van der Waals surface area contributed by atoms with Gasteiger partial charge in [-0.1, -0.05) is 19.7 Å². The molecule has 7 heteroatoms. The standard InChI is InChI=1S/C6H8O3.2C4H6O2/c1-2-6(7)9-4-5-3-8-5;2*1-3(2)4(5)6/h2,5H,1,3-4H2;2*1H2,2H3,(H,5,6). The summed E-state index contributed by atoms with van der Waals surface area (Å²) in [4.78, 5) is 29.5. The molecule has 1 saturated heterocycles. The summed E-state index contributed by atoms with van der Waals surface area (Å²) >= 11 is 0. The van der Waals surface area contributed by atoms with E-state index in [1.165, 1.54) is 13.8 Å². The first-order valence-corrected chi connectivity index (χ1v) is 5.80. The van der Waals surface area contributed by atoms with Crippen LogP contribution >= 0.6 is 0 Å². The van der Waals surface area contributed by atoms with E-state index >= 15 is 0 Å². The largest absolute Gasteiger partial charge is 0.478 e. The van der Waals surface area contributed by atoms with E-state index in [1.807, 2.05) is 0 Å². The van der Waals surface area contributed by atoms with Gasteiger partial charge in [0.2, 0.25) is 0 Å². The lowest BCUT2D eigenvalue weighted by Crippen LogP contribution is -2.06. The molecule has 1 aliphatic rings. The molecule has 21 heavy (non-hydrogen) atoms. The molecule has 1 aliphatic heterocycles. The Kier molecular flexibility index (Phi) is 11.4. The molecular weight excluding hydrogens is 280 g/mol. The van der Waals surface area contributed by atoms with Gasteiger partial charge in [-0.15, -0.1) is 0 Å². The average molecular weight is 300 g/mol. The third kappa shape index (κ3) is 17.6. The van der Waals surface area contributed by atoms with Gasteiger partial charge in [-0.2, -0.15) is 0 Å². The zero-order chi connectivity index (χ0) is 17.0. The Morgan fingerprint density at radius 1 is 1.19 bits per heavy atom. The fourth-order valence-electron chi connectivity index (χ4n) is 0.398. The van der Waals surface area contributed by atoms with Gasteiger partial charge >= 0.3 is 17.9 Å². The lowest BCUT2D eigenvalue weighted by Gasteiger charge is -1.94. The van der Waals surface area contributed by atoms with Crippen LogP contribution in [0.15, 0.2) is 37.0 Å². The number of rotatable bonds is 5. The van der Waals surface area contributed by atoms with Crippen LogP contribution in [0.5, 0.6) is 0 Å². The Morgan fingerprint density at radius 2 is 1.52 bits per heavy atom. The van der Waals surface area contributed by atoms with Crippen LogP contribution in [0.3, 0.4) is 0 Å². The predicted molar refractivity (Wildman–Crippen MR) is 75.8 cm³/mol. The topological polar surface area (TPSA) is 113 Å². The van der Waals surface area contributed by atoms with E-state index in [1.54, 1.807) is 0 Å². The molecule has 0 amide bonds. The molecular formula is C14H20O7. The van der Waals surface area contributed by atoms with Crippen LogP contribution in [-0.2, 0) is 23.9 Å². The number of carboxylic acid groups (broad SMARTS) is 2. The molecule has 2 N–H and O–H groups in total. The normalized spacial score (nSPS) is 14.1. The fraction of sp³-hybridized carbons (Fsp3) is 0.357. The maximum Gasteiger partial charge on any atom is 0.330 e. The average Bonchev–Trinajstić information content (AvgIpc) is 3.21. The van der Waals surface area contributed by atoms with E-state index < -0.39 is 11.9 Å². The van der Waals surface area contributed by atoms with Gasteiger partial charge in [-0.3, -0.25) is 0 Å². The number of aliphatic carboxylic acids is 2. The van der Waals surface area contributed by atoms with Crippen molar-refractivity contribution in [1.82, 2.24) is 0 Å². The van der Waals surface area contributed by atoms with Crippen molar-refractivity contribution >= 4 is 17.9 Å². The van der Waals surface area contributed by atoms with Crippen molar-refractivity contribution in [2.24, 2.45) is 0 Å². The number of hydrogen-bond donors (Lipinski definition) is 2. The van der Waals surface area contributed by atoms with E-state index in [-0.39, 0.29) is 23.2 Å². The van der Waals surface area contributed by atoms with Crippen LogP contribution in [0.25, 0.3) is 0 Å². The summed E-state index contributed by atoms with van der Waals surface area (Å²) in [5, 5.41) is 15.8. The molecule has 1 fully saturated rings. The number of esters is 1. The van der Waals surface area contributed by atoms with Gasteiger partial charge in [0.15, 0.2) is 0 Å². The summed E-state index contributed by atoms with van der Waals surface area (Å²) in [6.45, 7) is 13.5. The Balaban J connectivity index is 0. The molecule has 118 valence electrons. The Bertz CT molecular complexity index is 371. The van der Waals surface area contributed by atoms with Gasteiger partial charge in [0.05, 0.1) is 6.61 Å². The maximum atomic E-state index is 10.3. The molecule has 0 radical (unpaired) electrons. The van der Waals surface area contributed by atoms with Gasteiger partial charge in [-0.25, -0.2) is 14.4 Å². The molecule has 0 bridgehead atoms. The lowest BCUT2D eigenvalue weighted by atomic mass is 10.4. The third-order valence-corrected chi connectivity index (χ3v) is 1.71. The molecule has 0 aromatic heterocycles. The molecule has 1 unspecified atom stereocenters. The van der Waals surface area contributed by atoms with Crippen molar-refractivity contribution < 1.29 is 34.1 Å². The number of hydrogen-bond acceptors (Lipinski definition) is 5. The van der Waals surface area contributed by atoms with Crippen LogP contribution in [-0.4, -0.2) is 47.4 Å². The van der Waals surface area contributed by atoms with Crippen LogP contribution < -0.4 is 0 Å². The van der Waals surface area contributed by atoms with E-state index in [0.717, 1.165) is 6.08 Å². The van der Waals surface area contributed by atoms with E-state index in [0.29, 0.717) is 13.2 Å². The third-order valence-electron chi connectivity index (χ3n) is 1.71. The van der Waals surface area contributed by atoms with Crippen LogP contribution in [0.1, 0.15) is 13.8 Å². The maximum absolute atomic E-state index is 10.3.